The number of β-amino-alcohol motifs (C(OH)–C–C–N with tert-alkyl or cyclic N) is 1. The van der Waals surface area contributed by atoms with E-state index >= 15 is 0 Å². The highest BCUT2D eigenvalue weighted by Gasteiger charge is 2.29. The van der Waals surface area contributed by atoms with Crippen LogP contribution in [0.25, 0.3) is 21.7 Å². The van der Waals surface area contributed by atoms with Gasteiger partial charge < -0.3 is 23.9 Å². The van der Waals surface area contributed by atoms with Crippen LogP contribution in [0.1, 0.15) is 43.9 Å². The normalized spacial score (nSPS) is 19.2. The Morgan fingerprint density at radius 2 is 1.84 bits per heavy atom. The zero-order chi connectivity index (χ0) is 25.4. The first-order valence-electron chi connectivity index (χ1n) is 13.2. The first kappa shape index (κ1) is 24.0. The van der Waals surface area contributed by atoms with E-state index in [1.54, 1.807) is 0 Å². The van der Waals surface area contributed by atoms with E-state index in [9.17, 15) is 5.11 Å². The molecule has 1 aromatic heterocycles. The zero-order valence-corrected chi connectivity index (χ0v) is 21.5. The van der Waals surface area contributed by atoms with Gasteiger partial charge in [0.15, 0.2) is 5.76 Å². The number of piperidine rings is 1. The molecular weight excluding hydrogens is 464 g/mol. The molecule has 37 heavy (non-hydrogen) atoms. The van der Waals surface area contributed by atoms with Crippen LogP contribution >= 0.6 is 0 Å². The fourth-order valence-corrected chi connectivity index (χ4v) is 5.42. The number of furan rings is 1. The maximum Gasteiger partial charge on any atom is 0.253 e. The maximum atomic E-state index is 10.7. The van der Waals surface area contributed by atoms with Gasteiger partial charge in [-0.25, -0.2) is 4.99 Å². The van der Waals surface area contributed by atoms with Crippen LogP contribution in [0.15, 0.2) is 76.1 Å². The van der Waals surface area contributed by atoms with Crippen LogP contribution in [-0.2, 0) is 4.74 Å². The monoisotopic (exact) mass is 498 g/mol. The summed E-state index contributed by atoms with van der Waals surface area (Å²) in [4.78, 5) is 6.95. The third-order valence-corrected chi connectivity index (χ3v) is 7.43. The average Bonchev–Trinajstić information content (AvgIpc) is 3.51. The van der Waals surface area contributed by atoms with Gasteiger partial charge in [0, 0.05) is 12.6 Å². The van der Waals surface area contributed by atoms with Crippen LogP contribution in [0, 0.1) is 0 Å². The molecule has 3 heterocycles. The highest BCUT2D eigenvalue weighted by molar-refractivity contribution is 5.98. The first-order chi connectivity index (χ1) is 17.9. The number of nitrogens with zero attached hydrogens (tertiary/aromatic N) is 2. The van der Waals surface area contributed by atoms with E-state index < -0.39 is 6.10 Å². The molecule has 1 N–H and O–H groups in total. The number of ether oxygens (including phenoxy) is 2. The number of rotatable bonds is 7. The maximum absolute atomic E-state index is 10.7. The Balaban J connectivity index is 1.04. The van der Waals surface area contributed by atoms with E-state index in [-0.39, 0.29) is 12.1 Å². The average molecular weight is 499 g/mol. The van der Waals surface area contributed by atoms with Crippen LogP contribution in [0.4, 0.5) is 0 Å². The van der Waals surface area contributed by atoms with E-state index in [0.29, 0.717) is 42.1 Å². The Bertz CT molecular complexity index is 1430. The molecule has 0 bridgehead atoms. The molecule has 1 fully saturated rings. The van der Waals surface area contributed by atoms with E-state index in [2.05, 4.69) is 52.4 Å². The van der Waals surface area contributed by atoms with Crippen molar-refractivity contribution in [1.82, 2.24) is 4.90 Å². The second-order valence-corrected chi connectivity index (χ2v) is 10.9. The summed E-state index contributed by atoms with van der Waals surface area (Å²) in [5.74, 6) is 2.39. The SMILES string of the molecule is CC1(C)COC(c2cc3c(OC[C@@H](O)CN4CCC(c5ccc6ccccc6c5)CC4)cccc3o2)=N1. The smallest absolute Gasteiger partial charge is 0.253 e. The minimum Gasteiger partial charge on any atom is -0.490 e. The van der Waals surface area contributed by atoms with Crippen molar-refractivity contribution in [2.24, 2.45) is 4.99 Å². The molecule has 0 aliphatic carbocycles. The van der Waals surface area contributed by atoms with Crippen molar-refractivity contribution in [2.75, 3.05) is 32.8 Å². The molecule has 1 saturated heterocycles. The summed E-state index contributed by atoms with van der Waals surface area (Å²) in [6, 6.07) is 23.0. The molecule has 6 rings (SSSR count). The van der Waals surface area contributed by atoms with Gasteiger partial charge in [-0.3, -0.25) is 0 Å². The molecule has 6 heteroatoms. The van der Waals surface area contributed by atoms with Gasteiger partial charge in [-0.15, -0.1) is 0 Å². The summed E-state index contributed by atoms with van der Waals surface area (Å²) >= 11 is 0. The summed E-state index contributed by atoms with van der Waals surface area (Å²) in [7, 11) is 0. The molecule has 6 nitrogen and oxygen atoms in total. The van der Waals surface area contributed by atoms with Gasteiger partial charge in [-0.1, -0.05) is 48.5 Å². The molecule has 0 radical (unpaired) electrons. The third kappa shape index (κ3) is 5.22. The number of hydrogen-bond donors (Lipinski definition) is 1. The van der Waals surface area contributed by atoms with Crippen molar-refractivity contribution in [2.45, 2.75) is 44.2 Å². The molecule has 2 aliphatic heterocycles. The molecule has 1 atom stereocenters. The number of benzene rings is 3. The van der Waals surface area contributed by atoms with Gasteiger partial charge in [-0.2, -0.15) is 0 Å². The lowest BCUT2D eigenvalue weighted by Gasteiger charge is -2.33. The van der Waals surface area contributed by atoms with Crippen LogP contribution in [0.5, 0.6) is 5.75 Å². The van der Waals surface area contributed by atoms with Crippen molar-refractivity contribution in [1.29, 1.82) is 0 Å². The van der Waals surface area contributed by atoms with E-state index in [4.69, 9.17) is 13.9 Å². The predicted octanol–water partition coefficient (Wildman–Crippen LogP) is 5.76. The van der Waals surface area contributed by atoms with Crippen molar-refractivity contribution in [3.8, 4) is 5.75 Å². The summed E-state index contributed by atoms with van der Waals surface area (Å²) in [6.07, 6.45) is 1.64. The molecular formula is C31H34N2O4. The van der Waals surface area contributed by atoms with Gasteiger partial charge in [-0.05, 0) is 74.2 Å². The molecule has 0 spiro atoms. The Kier molecular flexibility index (Phi) is 6.39. The van der Waals surface area contributed by atoms with Gasteiger partial charge in [0.2, 0.25) is 0 Å². The Morgan fingerprint density at radius 3 is 2.62 bits per heavy atom. The number of hydrogen-bond acceptors (Lipinski definition) is 6. The number of fused-ring (bicyclic) bond motifs is 2. The zero-order valence-electron chi connectivity index (χ0n) is 21.5. The molecule has 0 unspecified atom stereocenters. The van der Waals surface area contributed by atoms with Crippen LogP contribution < -0.4 is 4.74 Å². The lowest BCUT2D eigenvalue weighted by molar-refractivity contribution is 0.0599. The Hall–Kier alpha value is -3.35. The molecule has 3 aromatic carbocycles. The van der Waals surface area contributed by atoms with Gasteiger partial charge in [0.1, 0.15) is 30.7 Å². The van der Waals surface area contributed by atoms with Crippen molar-refractivity contribution in [3.63, 3.8) is 0 Å². The number of aliphatic imine (C=N–C) groups is 1. The molecule has 4 aromatic rings. The Morgan fingerprint density at radius 1 is 1.03 bits per heavy atom. The minimum atomic E-state index is -0.567. The van der Waals surface area contributed by atoms with Crippen molar-refractivity contribution in [3.05, 3.63) is 78.1 Å². The second-order valence-electron chi connectivity index (χ2n) is 10.9. The summed E-state index contributed by atoms with van der Waals surface area (Å²) in [5.41, 5.74) is 1.89. The topological polar surface area (TPSA) is 67.4 Å². The molecule has 192 valence electrons. The van der Waals surface area contributed by atoms with Crippen LogP contribution in [0.2, 0.25) is 0 Å². The summed E-state index contributed by atoms with van der Waals surface area (Å²) in [5, 5.41) is 14.2. The highest BCUT2D eigenvalue weighted by atomic mass is 16.5. The molecule has 0 saturated carbocycles. The van der Waals surface area contributed by atoms with E-state index in [1.165, 1.54) is 16.3 Å². The number of aliphatic hydroxyl groups is 1. The highest BCUT2D eigenvalue weighted by Crippen LogP contribution is 2.32. The fraction of sp³-hybridized carbons (Fsp3) is 0.387. The van der Waals surface area contributed by atoms with Gasteiger partial charge in [0.05, 0.1) is 10.9 Å². The molecule has 2 aliphatic rings. The number of aliphatic hydroxyl groups excluding tert-OH is 1. The Labute approximate surface area is 217 Å². The second kappa shape index (κ2) is 9.84. The first-order valence-corrected chi connectivity index (χ1v) is 13.2. The summed E-state index contributed by atoms with van der Waals surface area (Å²) in [6.45, 7) is 7.40. The van der Waals surface area contributed by atoms with Crippen LogP contribution in [0.3, 0.4) is 0 Å². The predicted molar refractivity (Wildman–Crippen MR) is 147 cm³/mol. The van der Waals surface area contributed by atoms with Gasteiger partial charge in [0.25, 0.3) is 5.90 Å². The van der Waals surface area contributed by atoms with Gasteiger partial charge >= 0.3 is 0 Å². The lowest BCUT2D eigenvalue weighted by Crippen LogP contribution is -2.40. The van der Waals surface area contributed by atoms with Crippen LogP contribution in [-0.4, -0.2) is 60.4 Å². The van der Waals surface area contributed by atoms with Crippen molar-refractivity contribution < 1.29 is 19.0 Å². The quantitative estimate of drug-likeness (QED) is 0.351. The van der Waals surface area contributed by atoms with E-state index in [1.807, 2.05) is 38.1 Å². The largest absolute Gasteiger partial charge is 0.490 e. The fourth-order valence-electron chi connectivity index (χ4n) is 5.42. The molecule has 0 amide bonds. The standard InChI is InChI=1S/C31H34N2O4/c1-31(2)20-36-30(32-31)29-17-26-27(8-5-9-28(26)37-29)35-19-25(34)18-33-14-12-22(13-15-33)24-11-10-21-6-3-4-7-23(21)16-24/h3-11,16-17,22,25,34H,12-15,18-20H2,1-2H3/t25-/m0/s1. The third-order valence-electron chi connectivity index (χ3n) is 7.43. The number of likely N-dealkylation sites (tertiary alicyclic amines) is 1. The summed E-state index contributed by atoms with van der Waals surface area (Å²) < 4.78 is 17.8. The lowest BCUT2D eigenvalue weighted by atomic mass is 9.88. The van der Waals surface area contributed by atoms with Crippen molar-refractivity contribution >= 4 is 27.6 Å². The van der Waals surface area contributed by atoms with E-state index in [0.717, 1.165) is 31.3 Å². The minimum absolute atomic E-state index is 0.231.